The van der Waals surface area contributed by atoms with Gasteiger partial charge in [0.15, 0.2) is 0 Å². The molecule has 1 aliphatic rings. The van der Waals surface area contributed by atoms with Crippen LogP contribution in [0.15, 0.2) is 10.5 Å². The van der Waals surface area contributed by atoms with Gasteiger partial charge in [-0.15, -0.1) is 0 Å². The van der Waals surface area contributed by atoms with E-state index in [1.807, 2.05) is 6.07 Å². The van der Waals surface area contributed by atoms with Crippen LogP contribution >= 0.6 is 0 Å². The summed E-state index contributed by atoms with van der Waals surface area (Å²) in [5.41, 5.74) is 1.04. The van der Waals surface area contributed by atoms with Crippen molar-refractivity contribution in [2.75, 3.05) is 0 Å². The molecule has 0 radical (unpaired) electrons. The number of hydrogen-bond acceptors (Lipinski definition) is 2. The lowest BCUT2D eigenvalue weighted by Crippen LogP contribution is -2.14. The van der Waals surface area contributed by atoms with Gasteiger partial charge in [-0.25, -0.2) is 0 Å². The first-order chi connectivity index (χ1) is 6.88. The highest BCUT2D eigenvalue weighted by molar-refractivity contribution is 5.29. The highest BCUT2D eigenvalue weighted by Crippen LogP contribution is 2.37. The molecule has 2 atom stereocenters. The molecular weight excluding hydrogens is 188 g/mol. The van der Waals surface area contributed by atoms with E-state index < -0.39 is 0 Å². The Hall–Kier alpha value is -0.760. The summed E-state index contributed by atoms with van der Waals surface area (Å²) in [5.74, 6) is 2.50. The van der Waals surface area contributed by atoms with Gasteiger partial charge in [-0.2, -0.15) is 0 Å². The van der Waals surface area contributed by atoms with E-state index in [9.17, 15) is 5.11 Å². The van der Waals surface area contributed by atoms with Crippen LogP contribution in [0.25, 0.3) is 0 Å². The van der Waals surface area contributed by atoms with Gasteiger partial charge in [-0.1, -0.05) is 27.7 Å². The monoisotopic (exact) mass is 208 g/mol. The molecule has 2 rings (SSSR count). The largest absolute Gasteiger partial charge is 0.465 e. The quantitative estimate of drug-likeness (QED) is 0.710. The van der Waals surface area contributed by atoms with Crippen LogP contribution in [0.1, 0.15) is 57.3 Å². The standard InChI is InChI=1S/C13H20O2/c1-8-5-10(14)9-7-12(13(2,3)4)15-11(9)6-8/h7-8,10,14H,5-6H2,1-4H3. The van der Waals surface area contributed by atoms with E-state index in [4.69, 9.17) is 4.42 Å². The molecule has 1 aliphatic carbocycles. The Kier molecular flexibility index (Phi) is 2.42. The zero-order valence-electron chi connectivity index (χ0n) is 10.0. The van der Waals surface area contributed by atoms with Crippen LogP contribution in [0, 0.1) is 5.92 Å². The lowest BCUT2D eigenvalue weighted by Gasteiger charge is -2.21. The van der Waals surface area contributed by atoms with Crippen molar-refractivity contribution < 1.29 is 9.52 Å². The molecule has 0 aromatic carbocycles. The van der Waals surface area contributed by atoms with E-state index in [1.54, 1.807) is 0 Å². The van der Waals surface area contributed by atoms with E-state index in [1.165, 1.54) is 0 Å². The summed E-state index contributed by atoms with van der Waals surface area (Å²) in [7, 11) is 0. The Morgan fingerprint density at radius 2 is 2.07 bits per heavy atom. The Labute approximate surface area is 91.3 Å². The number of hydrogen-bond donors (Lipinski definition) is 1. The van der Waals surface area contributed by atoms with Crippen molar-refractivity contribution in [3.05, 3.63) is 23.2 Å². The zero-order chi connectivity index (χ0) is 11.2. The van der Waals surface area contributed by atoms with E-state index >= 15 is 0 Å². The molecule has 0 aliphatic heterocycles. The van der Waals surface area contributed by atoms with Crippen molar-refractivity contribution >= 4 is 0 Å². The summed E-state index contributed by atoms with van der Waals surface area (Å²) in [4.78, 5) is 0. The van der Waals surface area contributed by atoms with Gasteiger partial charge in [0.25, 0.3) is 0 Å². The Balaban J connectivity index is 2.39. The molecule has 0 saturated heterocycles. The van der Waals surface area contributed by atoms with Crippen molar-refractivity contribution in [1.29, 1.82) is 0 Å². The van der Waals surface area contributed by atoms with Gasteiger partial charge in [-0.3, -0.25) is 0 Å². The second kappa shape index (κ2) is 3.38. The molecule has 0 saturated carbocycles. The molecule has 1 heterocycles. The van der Waals surface area contributed by atoms with Crippen LogP contribution in [0.2, 0.25) is 0 Å². The first kappa shape index (κ1) is 10.7. The normalized spacial score (nSPS) is 26.5. The van der Waals surface area contributed by atoms with E-state index in [2.05, 4.69) is 27.7 Å². The predicted molar refractivity (Wildman–Crippen MR) is 59.9 cm³/mol. The minimum atomic E-state index is -0.330. The molecule has 2 heteroatoms. The first-order valence-corrected chi connectivity index (χ1v) is 5.69. The molecule has 0 spiro atoms. The van der Waals surface area contributed by atoms with Crippen LogP contribution in [-0.2, 0) is 11.8 Å². The molecule has 15 heavy (non-hydrogen) atoms. The molecule has 0 amide bonds. The maximum atomic E-state index is 9.95. The van der Waals surface area contributed by atoms with E-state index in [-0.39, 0.29) is 11.5 Å². The SMILES string of the molecule is CC1Cc2oc(C(C)(C)C)cc2C(O)C1. The first-order valence-electron chi connectivity index (χ1n) is 5.69. The molecule has 0 fully saturated rings. The zero-order valence-corrected chi connectivity index (χ0v) is 10.0. The highest BCUT2D eigenvalue weighted by atomic mass is 16.3. The topological polar surface area (TPSA) is 33.4 Å². The molecule has 84 valence electrons. The fourth-order valence-electron chi connectivity index (χ4n) is 2.16. The number of furan rings is 1. The third-order valence-corrected chi connectivity index (χ3v) is 3.10. The predicted octanol–water partition coefficient (Wildman–Crippen LogP) is 3.19. The molecule has 1 N–H and O–H groups in total. The van der Waals surface area contributed by atoms with Crippen molar-refractivity contribution in [2.45, 2.75) is 52.1 Å². The minimum Gasteiger partial charge on any atom is -0.465 e. The average Bonchev–Trinajstić information content (AvgIpc) is 2.46. The molecule has 2 nitrogen and oxygen atoms in total. The molecule has 1 aromatic heterocycles. The minimum absolute atomic E-state index is 0.0281. The van der Waals surface area contributed by atoms with Crippen molar-refractivity contribution in [1.82, 2.24) is 0 Å². The van der Waals surface area contributed by atoms with Gasteiger partial charge in [-0.05, 0) is 18.4 Å². The third-order valence-electron chi connectivity index (χ3n) is 3.10. The second-order valence-corrected chi connectivity index (χ2v) is 5.80. The number of aliphatic hydroxyl groups is 1. The Morgan fingerprint density at radius 3 is 2.67 bits per heavy atom. The number of fused-ring (bicyclic) bond motifs is 1. The van der Waals surface area contributed by atoms with Gasteiger partial charge in [0.1, 0.15) is 11.5 Å². The summed E-state index contributed by atoms with van der Waals surface area (Å²) in [6.07, 6.45) is 1.49. The fraction of sp³-hybridized carbons (Fsp3) is 0.692. The average molecular weight is 208 g/mol. The maximum Gasteiger partial charge on any atom is 0.110 e. The molecule has 2 unspecified atom stereocenters. The van der Waals surface area contributed by atoms with Crippen LogP contribution in [0.3, 0.4) is 0 Å². The second-order valence-electron chi connectivity index (χ2n) is 5.80. The summed E-state index contributed by atoms with van der Waals surface area (Å²) >= 11 is 0. The Morgan fingerprint density at radius 1 is 1.40 bits per heavy atom. The number of rotatable bonds is 0. The Bertz CT molecular complexity index is 357. The van der Waals surface area contributed by atoms with Gasteiger partial charge in [0.05, 0.1) is 6.10 Å². The smallest absolute Gasteiger partial charge is 0.110 e. The molecular formula is C13H20O2. The summed E-state index contributed by atoms with van der Waals surface area (Å²) in [5, 5.41) is 9.95. The highest BCUT2D eigenvalue weighted by Gasteiger charge is 2.29. The van der Waals surface area contributed by atoms with Gasteiger partial charge in [0.2, 0.25) is 0 Å². The van der Waals surface area contributed by atoms with Crippen molar-refractivity contribution in [2.24, 2.45) is 5.92 Å². The van der Waals surface area contributed by atoms with Crippen molar-refractivity contribution in [3.8, 4) is 0 Å². The van der Waals surface area contributed by atoms with Crippen LogP contribution < -0.4 is 0 Å². The maximum absolute atomic E-state index is 9.95. The molecule has 1 aromatic rings. The lowest BCUT2D eigenvalue weighted by molar-refractivity contribution is 0.131. The molecule has 0 bridgehead atoms. The summed E-state index contributed by atoms with van der Waals surface area (Å²) in [6, 6.07) is 2.03. The van der Waals surface area contributed by atoms with Gasteiger partial charge in [0, 0.05) is 17.4 Å². The van der Waals surface area contributed by atoms with Crippen LogP contribution in [0.5, 0.6) is 0 Å². The van der Waals surface area contributed by atoms with Crippen LogP contribution in [0.4, 0.5) is 0 Å². The summed E-state index contributed by atoms with van der Waals surface area (Å²) < 4.78 is 5.85. The third kappa shape index (κ3) is 1.96. The number of aliphatic hydroxyl groups excluding tert-OH is 1. The summed E-state index contributed by atoms with van der Waals surface area (Å²) in [6.45, 7) is 8.55. The fourth-order valence-corrected chi connectivity index (χ4v) is 2.16. The lowest BCUT2D eigenvalue weighted by atomic mass is 9.86. The van der Waals surface area contributed by atoms with Gasteiger partial charge < -0.3 is 9.52 Å². The van der Waals surface area contributed by atoms with Gasteiger partial charge >= 0.3 is 0 Å². The van der Waals surface area contributed by atoms with E-state index in [0.29, 0.717) is 5.92 Å². The van der Waals surface area contributed by atoms with E-state index in [0.717, 1.165) is 29.9 Å². The van der Waals surface area contributed by atoms with Crippen LogP contribution in [-0.4, -0.2) is 5.11 Å². The van der Waals surface area contributed by atoms with Crippen molar-refractivity contribution in [3.63, 3.8) is 0 Å².